The highest BCUT2D eigenvalue weighted by molar-refractivity contribution is 5.73. The van der Waals surface area contributed by atoms with Gasteiger partial charge in [0.15, 0.2) is 0 Å². The van der Waals surface area contributed by atoms with E-state index in [4.69, 9.17) is 5.73 Å². The third-order valence-corrected chi connectivity index (χ3v) is 4.03. The summed E-state index contributed by atoms with van der Waals surface area (Å²) in [5.74, 6) is 0. The fourth-order valence-electron chi connectivity index (χ4n) is 2.77. The number of rotatable bonds is 3. The minimum atomic E-state index is 0.0409. The van der Waals surface area contributed by atoms with Crippen molar-refractivity contribution in [2.24, 2.45) is 5.73 Å². The average Bonchev–Trinajstić information content (AvgIpc) is 2.48. The van der Waals surface area contributed by atoms with E-state index in [0.29, 0.717) is 12.6 Å². The molecule has 0 spiro atoms. The standard InChI is InChI=1S/C15H20N4O/c16-12-5-8-18(9-6-12)10-11-19-14-2-1-7-17-13(14)3-4-15(19)20/h1-4,7,12H,5-6,8-11,16H2. The zero-order valence-corrected chi connectivity index (χ0v) is 11.5. The molecule has 2 aromatic rings. The molecular weight excluding hydrogens is 252 g/mol. The van der Waals surface area contributed by atoms with Gasteiger partial charge in [0.2, 0.25) is 0 Å². The quantitative estimate of drug-likeness (QED) is 0.898. The van der Waals surface area contributed by atoms with Crippen LogP contribution < -0.4 is 11.3 Å². The Kier molecular flexibility index (Phi) is 3.80. The molecule has 1 aliphatic rings. The van der Waals surface area contributed by atoms with Crippen LogP contribution in [0.25, 0.3) is 11.0 Å². The second kappa shape index (κ2) is 5.73. The molecule has 0 aromatic carbocycles. The van der Waals surface area contributed by atoms with Gasteiger partial charge in [0.25, 0.3) is 5.56 Å². The predicted octanol–water partition coefficient (Wildman–Crippen LogP) is 0.820. The van der Waals surface area contributed by atoms with Gasteiger partial charge in [0.05, 0.1) is 11.0 Å². The van der Waals surface area contributed by atoms with Crippen molar-refractivity contribution in [3.63, 3.8) is 0 Å². The van der Waals surface area contributed by atoms with Gasteiger partial charge in [0.1, 0.15) is 0 Å². The molecule has 2 N–H and O–H groups in total. The smallest absolute Gasteiger partial charge is 0.251 e. The summed E-state index contributed by atoms with van der Waals surface area (Å²) in [6, 6.07) is 7.56. The molecule has 0 saturated carbocycles. The van der Waals surface area contributed by atoms with E-state index in [-0.39, 0.29) is 5.56 Å². The van der Waals surface area contributed by atoms with Crippen LogP contribution in [0.2, 0.25) is 0 Å². The number of hydrogen-bond acceptors (Lipinski definition) is 4. The molecular formula is C15H20N4O. The molecule has 2 aromatic heterocycles. The van der Waals surface area contributed by atoms with Crippen LogP contribution in [0.5, 0.6) is 0 Å². The van der Waals surface area contributed by atoms with Crippen molar-refractivity contribution in [2.75, 3.05) is 19.6 Å². The Morgan fingerprint density at radius 2 is 2.00 bits per heavy atom. The number of hydrogen-bond donors (Lipinski definition) is 1. The molecule has 0 unspecified atom stereocenters. The summed E-state index contributed by atoms with van der Waals surface area (Å²) in [5.41, 5.74) is 7.73. The number of aromatic nitrogens is 2. The molecule has 5 heteroatoms. The molecule has 1 fully saturated rings. The van der Waals surface area contributed by atoms with Crippen molar-refractivity contribution in [2.45, 2.75) is 25.4 Å². The lowest BCUT2D eigenvalue weighted by molar-refractivity contribution is 0.206. The molecule has 1 aliphatic heterocycles. The number of piperidine rings is 1. The summed E-state index contributed by atoms with van der Waals surface area (Å²) in [6.45, 7) is 3.65. The molecule has 5 nitrogen and oxygen atoms in total. The Morgan fingerprint density at radius 3 is 2.80 bits per heavy atom. The number of pyridine rings is 2. The zero-order chi connectivity index (χ0) is 13.9. The SMILES string of the molecule is NC1CCN(CCn2c(=O)ccc3ncccc32)CC1. The molecule has 0 radical (unpaired) electrons. The van der Waals surface area contributed by atoms with E-state index < -0.39 is 0 Å². The van der Waals surface area contributed by atoms with Crippen LogP contribution in [0.15, 0.2) is 35.3 Å². The summed E-state index contributed by atoms with van der Waals surface area (Å²) in [5, 5.41) is 0. The van der Waals surface area contributed by atoms with Gasteiger partial charge in [-0.25, -0.2) is 0 Å². The van der Waals surface area contributed by atoms with Gasteiger partial charge in [0, 0.05) is 31.4 Å². The Morgan fingerprint density at radius 1 is 1.20 bits per heavy atom. The summed E-state index contributed by atoms with van der Waals surface area (Å²) in [4.78, 5) is 18.7. The minimum Gasteiger partial charge on any atom is -0.328 e. The first-order valence-electron chi connectivity index (χ1n) is 7.16. The lowest BCUT2D eigenvalue weighted by atomic mass is 10.1. The summed E-state index contributed by atoms with van der Waals surface area (Å²) in [7, 11) is 0. The lowest BCUT2D eigenvalue weighted by Gasteiger charge is -2.30. The molecule has 3 heterocycles. The molecule has 0 aliphatic carbocycles. The van der Waals surface area contributed by atoms with Crippen molar-refractivity contribution in [1.82, 2.24) is 14.5 Å². The van der Waals surface area contributed by atoms with E-state index >= 15 is 0 Å². The summed E-state index contributed by atoms with van der Waals surface area (Å²) < 4.78 is 1.82. The average molecular weight is 272 g/mol. The summed E-state index contributed by atoms with van der Waals surface area (Å²) >= 11 is 0. The normalized spacial score (nSPS) is 17.6. The van der Waals surface area contributed by atoms with Crippen LogP contribution in [0.1, 0.15) is 12.8 Å². The van der Waals surface area contributed by atoms with Gasteiger partial charge in [-0.15, -0.1) is 0 Å². The molecule has 20 heavy (non-hydrogen) atoms. The topological polar surface area (TPSA) is 64.2 Å². The maximum atomic E-state index is 12.1. The van der Waals surface area contributed by atoms with Crippen molar-refractivity contribution in [3.05, 3.63) is 40.8 Å². The number of nitrogens with two attached hydrogens (primary N) is 1. The monoisotopic (exact) mass is 272 g/mol. The maximum Gasteiger partial charge on any atom is 0.251 e. The van der Waals surface area contributed by atoms with Crippen molar-refractivity contribution < 1.29 is 0 Å². The molecule has 106 valence electrons. The van der Waals surface area contributed by atoms with Crippen LogP contribution in [0.4, 0.5) is 0 Å². The van der Waals surface area contributed by atoms with Crippen LogP contribution in [-0.4, -0.2) is 40.1 Å². The summed E-state index contributed by atoms with van der Waals surface area (Å²) in [6.07, 6.45) is 3.85. The van der Waals surface area contributed by atoms with Crippen LogP contribution >= 0.6 is 0 Å². The zero-order valence-electron chi connectivity index (χ0n) is 11.5. The van der Waals surface area contributed by atoms with E-state index in [2.05, 4.69) is 9.88 Å². The first-order valence-corrected chi connectivity index (χ1v) is 7.16. The van der Waals surface area contributed by atoms with Crippen LogP contribution in [-0.2, 0) is 6.54 Å². The van der Waals surface area contributed by atoms with E-state index in [0.717, 1.165) is 43.5 Å². The molecule has 0 bridgehead atoms. The highest BCUT2D eigenvalue weighted by Gasteiger charge is 2.15. The van der Waals surface area contributed by atoms with Crippen molar-refractivity contribution in [3.8, 4) is 0 Å². The first kappa shape index (κ1) is 13.3. The molecule has 0 atom stereocenters. The Balaban J connectivity index is 1.77. The maximum absolute atomic E-state index is 12.1. The first-order chi connectivity index (χ1) is 9.74. The fraction of sp³-hybridized carbons (Fsp3) is 0.467. The Labute approximate surface area is 118 Å². The number of fused-ring (bicyclic) bond motifs is 1. The molecule has 3 rings (SSSR count). The van der Waals surface area contributed by atoms with Gasteiger partial charge < -0.3 is 15.2 Å². The van der Waals surface area contributed by atoms with E-state index in [1.807, 2.05) is 16.7 Å². The molecule has 1 saturated heterocycles. The van der Waals surface area contributed by atoms with Crippen LogP contribution in [0.3, 0.4) is 0 Å². The minimum absolute atomic E-state index is 0.0409. The third kappa shape index (κ3) is 2.73. The Hall–Kier alpha value is -1.72. The van der Waals surface area contributed by atoms with Gasteiger partial charge in [-0.05, 0) is 44.1 Å². The second-order valence-electron chi connectivity index (χ2n) is 5.41. The highest BCUT2D eigenvalue weighted by Crippen LogP contribution is 2.10. The van der Waals surface area contributed by atoms with Gasteiger partial charge >= 0.3 is 0 Å². The predicted molar refractivity (Wildman–Crippen MR) is 79.7 cm³/mol. The largest absolute Gasteiger partial charge is 0.328 e. The fourth-order valence-corrected chi connectivity index (χ4v) is 2.77. The number of likely N-dealkylation sites (tertiary alicyclic amines) is 1. The van der Waals surface area contributed by atoms with E-state index in [1.165, 1.54) is 0 Å². The van der Waals surface area contributed by atoms with Gasteiger partial charge in [-0.1, -0.05) is 0 Å². The van der Waals surface area contributed by atoms with Gasteiger partial charge in [-0.3, -0.25) is 9.78 Å². The lowest BCUT2D eigenvalue weighted by Crippen LogP contribution is -2.41. The third-order valence-electron chi connectivity index (χ3n) is 4.03. The van der Waals surface area contributed by atoms with Crippen LogP contribution in [0, 0.1) is 0 Å². The highest BCUT2D eigenvalue weighted by atomic mass is 16.1. The second-order valence-corrected chi connectivity index (χ2v) is 5.41. The molecule has 0 amide bonds. The van der Waals surface area contributed by atoms with E-state index in [1.54, 1.807) is 18.3 Å². The number of nitrogens with zero attached hydrogens (tertiary/aromatic N) is 3. The van der Waals surface area contributed by atoms with Gasteiger partial charge in [-0.2, -0.15) is 0 Å². The Bertz CT molecular complexity index is 644. The van der Waals surface area contributed by atoms with Crippen molar-refractivity contribution >= 4 is 11.0 Å². The van der Waals surface area contributed by atoms with Crippen molar-refractivity contribution in [1.29, 1.82) is 0 Å². The van der Waals surface area contributed by atoms with E-state index in [9.17, 15) is 4.79 Å².